The molecule has 0 saturated carbocycles. The number of amides is 1. The maximum atomic E-state index is 12.2. The quantitative estimate of drug-likeness (QED) is 0.725. The average molecular weight is 348 g/mol. The van der Waals surface area contributed by atoms with E-state index in [9.17, 15) is 19.5 Å². The third kappa shape index (κ3) is 3.73. The lowest BCUT2D eigenvalue weighted by atomic mass is 10.0. The van der Waals surface area contributed by atoms with Crippen LogP contribution in [-0.4, -0.2) is 32.1 Å². The average Bonchev–Trinajstić information content (AvgIpc) is 2.57. The van der Waals surface area contributed by atoms with E-state index in [2.05, 4.69) is 5.32 Å². The molecule has 2 aromatic rings. The lowest BCUT2D eigenvalue weighted by molar-refractivity contribution is -0.307. The smallest absolute Gasteiger partial charge is 0.340 e. The third-order valence-electron chi connectivity index (χ3n) is 3.86. The van der Waals surface area contributed by atoms with E-state index in [0.717, 1.165) is 0 Å². The summed E-state index contributed by atoms with van der Waals surface area (Å²) >= 11 is 0. The van der Waals surface area contributed by atoms with Gasteiger partial charge in [0.1, 0.15) is 5.58 Å². The van der Waals surface area contributed by atoms with Crippen LogP contribution in [0.5, 0.6) is 11.5 Å². The van der Waals surface area contributed by atoms with Gasteiger partial charge in [0.15, 0.2) is 11.5 Å². The molecule has 1 amide bonds. The van der Waals surface area contributed by atoms with Gasteiger partial charge in [0, 0.05) is 11.5 Å². The zero-order chi connectivity index (χ0) is 18.7. The Hall–Kier alpha value is -3.03. The van der Waals surface area contributed by atoms with Crippen molar-refractivity contribution in [2.24, 2.45) is 0 Å². The van der Waals surface area contributed by atoms with E-state index >= 15 is 0 Å². The van der Waals surface area contributed by atoms with E-state index in [1.165, 1.54) is 27.2 Å². The Labute approximate surface area is 143 Å². The lowest BCUT2D eigenvalue weighted by Gasteiger charge is -2.15. The summed E-state index contributed by atoms with van der Waals surface area (Å²) in [5, 5.41) is 13.5. The fraction of sp³-hybridized carbons (Fsp3) is 0.353. The maximum absolute atomic E-state index is 12.2. The highest BCUT2D eigenvalue weighted by atomic mass is 16.5. The van der Waals surface area contributed by atoms with Gasteiger partial charge < -0.3 is 29.1 Å². The molecule has 2 rings (SSSR count). The molecule has 134 valence electrons. The normalized spacial score (nSPS) is 11.8. The first-order valence-electron chi connectivity index (χ1n) is 7.47. The summed E-state index contributed by atoms with van der Waals surface area (Å²) in [6.45, 7) is 2.95. The number of benzene rings is 1. The summed E-state index contributed by atoms with van der Waals surface area (Å²) in [5.74, 6) is -1.17. The van der Waals surface area contributed by atoms with Crippen LogP contribution in [0.2, 0.25) is 0 Å². The van der Waals surface area contributed by atoms with E-state index in [1.807, 2.05) is 0 Å². The molecule has 8 nitrogen and oxygen atoms in total. The van der Waals surface area contributed by atoms with Gasteiger partial charge in [-0.15, -0.1) is 0 Å². The number of carboxylic acids is 1. The predicted molar refractivity (Wildman–Crippen MR) is 86.6 cm³/mol. The van der Waals surface area contributed by atoms with E-state index in [-0.39, 0.29) is 12.0 Å². The topological polar surface area (TPSA) is 118 Å². The summed E-state index contributed by atoms with van der Waals surface area (Å²) in [6.07, 6.45) is -0.309. The number of hydrogen-bond donors (Lipinski definition) is 1. The number of fused-ring (bicyclic) bond motifs is 1. The predicted octanol–water partition coefficient (Wildman–Crippen LogP) is -0.0843. The zero-order valence-corrected chi connectivity index (χ0v) is 14.3. The number of rotatable bonds is 6. The van der Waals surface area contributed by atoms with Gasteiger partial charge in [-0.1, -0.05) is 0 Å². The molecule has 0 aliphatic heterocycles. The monoisotopic (exact) mass is 348 g/mol. The molecule has 25 heavy (non-hydrogen) atoms. The Morgan fingerprint density at radius 3 is 2.40 bits per heavy atom. The van der Waals surface area contributed by atoms with Gasteiger partial charge >= 0.3 is 5.63 Å². The Balaban J connectivity index is 2.46. The van der Waals surface area contributed by atoms with Crippen LogP contribution in [-0.2, 0) is 16.0 Å². The minimum absolute atomic E-state index is 0.141. The van der Waals surface area contributed by atoms with Crippen LogP contribution >= 0.6 is 0 Å². The van der Waals surface area contributed by atoms with Gasteiger partial charge in [-0.05, 0) is 25.5 Å². The molecule has 8 heteroatoms. The third-order valence-corrected chi connectivity index (χ3v) is 3.86. The van der Waals surface area contributed by atoms with Crippen LogP contribution < -0.4 is 25.5 Å². The van der Waals surface area contributed by atoms with Crippen molar-refractivity contribution in [1.82, 2.24) is 5.32 Å². The second-order valence-electron chi connectivity index (χ2n) is 5.48. The standard InChI is InChI=1S/C17H19NO7/c1-8-10-5-13(23-3)14(24-4)7-12(10)25-17(22)11(8)6-15(19)18-9(2)16(20)21/h5,7,9H,6H2,1-4H3,(H,18,19)(H,20,21)/p-1/t9-/m0/s1. The van der Waals surface area contributed by atoms with Crippen LogP contribution in [0, 0.1) is 6.92 Å². The molecular formula is C17H18NO7-. The van der Waals surface area contributed by atoms with Crippen LogP contribution in [0.15, 0.2) is 21.3 Å². The van der Waals surface area contributed by atoms with Crippen molar-refractivity contribution in [3.05, 3.63) is 33.7 Å². The number of aryl methyl sites for hydroxylation is 1. The number of carbonyl (C=O) groups excluding carboxylic acids is 2. The summed E-state index contributed by atoms with van der Waals surface area (Å²) in [5.41, 5.74) is 0.312. The maximum Gasteiger partial charge on any atom is 0.340 e. The Morgan fingerprint density at radius 2 is 1.84 bits per heavy atom. The molecule has 0 aliphatic rings. The summed E-state index contributed by atoms with van der Waals surface area (Å²) in [7, 11) is 2.94. The Kier molecular flexibility index (Phi) is 5.31. The summed E-state index contributed by atoms with van der Waals surface area (Å²) in [4.78, 5) is 34.9. The second kappa shape index (κ2) is 7.25. The second-order valence-corrected chi connectivity index (χ2v) is 5.48. The molecular weight excluding hydrogens is 330 g/mol. The fourth-order valence-corrected chi connectivity index (χ4v) is 2.43. The first-order chi connectivity index (χ1) is 11.8. The molecule has 0 radical (unpaired) electrons. The minimum atomic E-state index is -1.41. The van der Waals surface area contributed by atoms with Gasteiger partial charge in [-0.2, -0.15) is 0 Å². The van der Waals surface area contributed by atoms with Crippen molar-refractivity contribution in [3.63, 3.8) is 0 Å². The van der Waals surface area contributed by atoms with Gasteiger partial charge in [0.05, 0.1) is 38.2 Å². The molecule has 0 spiro atoms. The van der Waals surface area contributed by atoms with Gasteiger partial charge in [-0.25, -0.2) is 4.79 Å². The molecule has 0 unspecified atom stereocenters. The van der Waals surface area contributed by atoms with E-state index < -0.39 is 23.5 Å². The first kappa shape index (κ1) is 18.3. The Morgan fingerprint density at radius 1 is 1.24 bits per heavy atom. The van der Waals surface area contributed by atoms with Crippen LogP contribution in [0.1, 0.15) is 18.1 Å². The zero-order valence-electron chi connectivity index (χ0n) is 14.3. The molecule has 1 aromatic heterocycles. The highest BCUT2D eigenvalue weighted by Gasteiger charge is 2.18. The van der Waals surface area contributed by atoms with E-state index in [1.54, 1.807) is 13.0 Å². The summed E-state index contributed by atoms with van der Waals surface area (Å²) < 4.78 is 15.7. The highest BCUT2D eigenvalue weighted by molar-refractivity contribution is 5.88. The van der Waals surface area contributed by atoms with Crippen molar-refractivity contribution < 1.29 is 28.6 Å². The molecule has 0 saturated heterocycles. The molecule has 1 aromatic carbocycles. The molecule has 1 atom stereocenters. The van der Waals surface area contributed by atoms with Crippen molar-refractivity contribution in [2.45, 2.75) is 26.3 Å². The van der Waals surface area contributed by atoms with Crippen molar-refractivity contribution in [1.29, 1.82) is 0 Å². The molecule has 0 aliphatic carbocycles. The SMILES string of the molecule is COc1cc2oc(=O)c(CC(=O)N[C@@H](C)C(=O)[O-])c(C)c2cc1OC. The van der Waals surface area contributed by atoms with Gasteiger partial charge in [-0.3, -0.25) is 4.79 Å². The fourth-order valence-electron chi connectivity index (χ4n) is 2.43. The minimum Gasteiger partial charge on any atom is -0.548 e. The molecule has 1 heterocycles. The van der Waals surface area contributed by atoms with Crippen LogP contribution in [0.4, 0.5) is 0 Å². The van der Waals surface area contributed by atoms with Gasteiger partial charge in [0.25, 0.3) is 0 Å². The van der Waals surface area contributed by atoms with Crippen LogP contribution in [0.3, 0.4) is 0 Å². The van der Waals surface area contributed by atoms with E-state index in [4.69, 9.17) is 13.9 Å². The largest absolute Gasteiger partial charge is 0.548 e. The lowest BCUT2D eigenvalue weighted by Crippen LogP contribution is -2.46. The number of methoxy groups -OCH3 is 2. The van der Waals surface area contributed by atoms with E-state index in [0.29, 0.717) is 28.0 Å². The first-order valence-corrected chi connectivity index (χ1v) is 7.47. The number of carbonyl (C=O) groups is 2. The molecule has 0 fully saturated rings. The highest BCUT2D eigenvalue weighted by Crippen LogP contribution is 2.33. The molecule has 1 N–H and O–H groups in total. The van der Waals surface area contributed by atoms with Crippen molar-refractivity contribution in [2.75, 3.05) is 14.2 Å². The van der Waals surface area contributed by atoms with Crippen molar-refractivity contribution in [3.8, 4) is 11.5 Å². The Bertz CT molecular complexity index is 885. The van der Waals surface area contributed by atoms with Crippen molar-refractivity contribution >= 4 is 22.8 Å². The number of hydrogen-bond acceptors (Lipinski definition) is 7. The van der Waals surface area contributed by atoms with Gasteiger partial charge in [0.2, 0.25) is 5.91 Å². The number of ether oxygens (including phenoxy) is 2. The molecule has 0 bridgehead atoms. The number of carboxylic acid groups (broad SMARTS) is 1. The summed E-state index contributed by atoms with van der Waals surface area (Å²) in [6, 6.07) is 2.02. The van der Waals surface area contributed by atoms with Crippen LogP contribution in [0.25, 0.3) is 11.0 Å². The number of nitrogens with one attached hydrogen (secondary N) is 1. The number of aliphatic carboxylic acids is 1.